The summed E-state index contributed by atoms with van der Waals surface area (Å²) in [6, 6.07) is 7.13. The van der Waals surface area contributed by atoms with E-state index in [1.807, 2.05) is 26.0 Å². The van der Waals surface area contributed by atoms with Crippen molar-refractivity contribution in [2.75, 3.05) is 19.0 Å². The van der Waals surface area contributed by atoms with Crippen LogP contribution in [0.3, 0.4) is 0 Å². The molecule has 2 rings (SSSR count). The van der Waals surface area contributed by atoms with Gasteiger partial charge in [0.2, 0.25) is 0 Å². The Kier molecular flexibility index (Phi) is 6.77. The Bertz CT molecular complexity index is 722. The molecule has 0 aromatic heterocycles. The van der Waals surface area contributed by atoms with E-state index in [4.69, 9.17) is 4.84 Å². The van der Waals surface area contributed by atoms with Gasteiger partial charge in [0.15, 0.2) is 5.78 Å². The van der Waals surface area contributed by atoms with E-state index in [2.05, 4.69) is 15.2 Å². The van der Waals surface area contributed by atoms with Gasteiger partial charge in [-0.3, -0.25) is 10.1 Å². The van der Waals surface area contributed by atoms with Crippen LogP contribution in [-0.2, 0) is 14.4 Å². The summed E-state index contributed by atoms with van der Waals surface area (Å²) >= 11 is 0. The van der Waals surface area contributed by atoms with Gasteiger partial charge in [-0.15, -0.1) is 0 Å². The number of anilines is 1. The average Bonchev–Trinajstić information content (AvgIpc) is 2.64. The molecule has 2 N–H and O–H groups in total. The molecule has 0 aliphatic heterocycles. The first-order valence-corrected chi connectivity index (χ1v) is 8.59. The lowest BCUT2D eigenvalue weighted by Crippen LogP contribution is -2.23. The standard InChI is InChI=1S/C19H24N2O5/c1-4-15(21-26-5-2)18-16(22)10-13(11-17(18)23)12-6-8-14(9-7-12)20-19(24)25-3/h6-9,13,22H,4-5,10-11H2,1-3H3,(H,20,24). The van der Waals surface area contributed by atoms with Crippen LogP contribution in [0.15, 0.2) is 40.8 Å². The van der Waals surface area contributed by atoms with Crippen molar-refractivity contribution in [3.05, 3.63) is 41.2 Å². The smallest absolute Gasteiger partial charge is 0.411 e. The second-order valence-corrected chi connectivity index (χ2v) is 5.90. The number of aliphatic hydroxyl groups is 1. The maximum absolute atomic E-state index is 12.6. The van der Waals surface area contributed by atoms with Crippen LogP contribution in [0.25, 0.3) is 0 Å². The number of Topliss-reactive ketones (excluding diaryl/α,β-unsaturated/α-hetero) is 1. The molecule has 0 radical (unpaired) electrons. The maximum atomic E-state index is 12.6. The zero-order chi connectivity index (χ0) is 19.1. The van der Waals surface area contributed by atoms with Gasteiger partial charge in [-0.25, -0.2) is 4.79 Å². The Morgan fingerprint density at radius 3 is 2.50 bits per heavy atom. The van der Waals surface area contributed by atoms with Crippen LogP contribution in [0, 0.1) is 0 Å². The van der Waals surface area contributed by atoms with Gasteiger partial charge in [0.25, 0.3) is 0 Å². The summed E-state index contributed by atoms with van der Waals surface area (Å²) in [5, 5.41) is 17.0. The minimum Gasteiger partial charge on any atom is -0.511 e. The van der Waals surface area contributed by atoms with E-state index in [-0.39, 0.29) is 29.5 Å². The molecule has 1 amide bonds. The molecule has 1 aliphatic carbocycles. The quantitative estimate of drug-likeness (QED) is 0.592. The van der Waals surface area contributed by atoms with Crippen molar-refractivity contribution in [1.29, 1.82) is 0 Å². The predicted octanol–water partition coefficient (Wildman–Crippen LogP) is 3.93. The van der Waals surface area contributed by atoms with Gasteiger partial charge in [-0.1, -0.05) is 24.2 Å². The number of carbonyl (C=O) groups is 2. The van der Waals surface area contributed by atoms with Crippen molar-refractivity contribution in [3.63, 3.8) is 0 Å². The number of nitrogens with zero attached hydrogens (tertiary/aromatic N) is 1. The SMILES string of the molecule is CCON=C(CC)C1=C(O)CC(c2ccc(NC(=O)OC)cc2)CC1=O. The van der Waals surface area contributed by atoms with Gasteiger partial charge >= 0.3 is 6.09 Å². The van der Waals surface area contributed by atoms with Gasteiger partial charge in [0, 0.05) is 18.5 Å². The molecule has 1 atom stereocenters. The molecule has 7 heteroatoms. The predicted molar refractivity (Wildman–Crippen MR) is 98.5 cm³/mol. The molecule has 0 fully saturated rings. The molecule has 0 bridgehead atoms. The summed E-state index contributed by atoms with van der Waals surface area (Å²) in [5.41, 5.74) is 2.27. The topological polar surface area (TPSA) is 97.2 Å². The van der Waals surface area contributed by atoms with Crippen molar-refractivity contribution in [2.45, 2.75) is 39.0 Å². The zero-order valence-electron chi connectivity index (χ0n) is 15.2. The molecule has 7 nitrogen and oxygen atoms in total. The van der Waals surface area contributed by atoms with Crippen LogP contribution >= 0.6 is 0 Å². The van der Waals surface area contributed by atoms with E-state index in [0.717, 1.165) is 5.56 Å². The van der Waals surface area contributed by atoms with Crippen molar-refractivity contribution < 1.29 is 24.3 Å². The number of ether oxygens (including phenoxy) is 1. The maximum Gasteiger partial charge on any atom is 0.411 e. The summed E-state index contributed by atoms with van der Waals surface area (Å²) in [5.74, 6) is -0.220. The summed E-state index contributed by atoms with van der Waals surface area (Å²) in [4.78, 5) is 28.8. The van der Waals surface area contributed by atoms with Crippen molar-refractivity contribution in [3.8, 4) is 0 Å². The fourth-order valence-corrected chi connectivity index (χ4v) is 2.89. The Morgan fingerprint density at radius 2 is 1.96 bits per heavy atom. The number of carbonyl (C=O) groups excluding carboxylic acids is 2. The number of aliphatic hydroxyl groups excluding tert-OH is 1. The molecular weight excluding hydrogens is 336 g/mol. The van der Waals surface area contributed by atoms with Gasteiger partial charge < -0.3 is 14.7 Å². The molecular formula is C19H24N2O5. The van der Waals surface area contributed by atoms with Crippen molar-refractivity contribution in [1.82, 2.24) is 0 Å². The van der Waals surface area contributed by atoms with Gasteiger partial charge in [0.1, 0.15) is 12.4 Å². The summed E-state index contributed by atoms with van der Waals surface area (Å²) < 4.78 is 4.55. The lowest BCUT2D eigenvalue weighted by Gasteiger charge is -2.24. The minimum absolute atomic E-state index is 0.0447. The van der Waals surface area contributed by atoms with Crippen LogP contribution in [-0.4, -0.2) is 36.4 Å². The number of benzene rings is 1. The van der Waals surface area contributed by atoms with Gasteiger partial charge in [0.05, 0.1) is 18.4 Å². The Balaban J connectivity index is 2.17. The van der Waals surface area contributed by atoms with E-state index in [1.54, 1.807) is 12.1 Å². The van der Waals surface area contributed by atoms with E-state index in [1.165, 1.54) is 7.11 Å². The number of methoxy groups -OCH3 is 1. The first-order valence-electron chi connectivity index (χ1n) is 8.59. The number of ketones is 1. The minimum atomic E-state index is -0.545. The highest BCUT2D eigenvalue weighted by Crippen LogP contribution is 2.34. The van der Waals surface area contributed by atoms with Gasteiger partial charge in [-0.2, -0.15) is 0 Å². The fraction of sp³-hybridized carbons (Fsp3) is 0.421. The van der Waals surface area contributed by atoms with E-state index < -0.39 is 6.09 Å². The molecule has 1 unspecified atom stereocenters. The van der Waals surface area contributed by atoms with Crippen LogP contribution in [0.4, 0.5) is 10.5 Å². The zero-order valence-corrected chi connectivity index (χ0v) is 15.2. The van der Waals surface area contributed by atoms with Gasteiger partial charge in [-0.05, 0) is 37.0 Å². The number of nitrogens with one attached hydrogen (secondary N) is 1. The Hall–Kier alpha value is -2.83. The van der Waals surface area contributed by atoms with Crippen molar-refractivity contribution >= 4 is 23.3 Å². The van der Waals surface area contributed by atoms with E-state index in [0.29, 0.717) is 30.8 Å². The highest BCUT2D eigenvalue weighted by Gasteiger charge is 2.31. The third kappa shape index (κ3) is 4.62. The second kappa shape index (κ2) is 9.03. The largest absolute Gasteiger partial charge is 0.511 e. The lowest BCUT2D eigenvalue weighted by atomic mass is 9.81. The third-order valence-corrected chi connectivity index (χ3v) is 4.18. The second-order valence-electron chi connectivity index (χ2n) is 5.90. The number of oxime groups is 1. The fourth-order valence-electron chi connectivity index (χ4n) is 2.89. The third-order valence-electron chi connectivity index (χ3n) is 4.18. The summed E-state index contributed by atoms with van der Waals surface area (Å²) in [7, 11) is 1.30. The highest BCUT2D eigenvalue weighted by molar-refractivity contribution is 6.23. The Labute approximate surface area is 152 Å². The monoisotopic (exact) mass is 360 g/mol. The highest BCUT2D eigenvalue weighted by atomic mass is 16.6. The van der Waals surface area contributed by atoms with Crippen LogP contribution in [0.2, 0.25) is 0 Å². The lowest BCUT2D eigenvalue weighted by molar-refractivity contribution is -0.116. The number of hydrogen-bond donors (Lipinski definition) is 2. The average molecular weight is 360 g/mol. The molecule has 1 aromatic carbocycles. The molecule has 0 heterocycles. The number of amides is 1. The van der Waals surface area contributed by atoms with Crippen LogP contribution in [0.5, 0.6) is 0 Å². The summed E-state index contributed by atoms with van der Waals surface area (Å²) in [6.45, 7) is 4.08. The first-order chi connectivity index (χ1) is 12.5. The molecule has 0 saturated carbocycles. The molecule has 0 spiro atoms. The normalized spacial score (nSPS) is 17.9. The van der Waals surface area contributed by atoms with Crippen LogP contribution < -0.4 is 5.32 Å². The number of hydrogen-bond acceptors (Lipinski definition) is 6. The van der Waals surface area contributed by atoms with E-state index in [9.17, 15) is 14.7 Å². The molecule has 1 aliphatic rings. The molecule has 0 saturated heterocycles. The Morgan fingerprint density at radius 1 is 1.27 bits per heavy atom. The van der Waals surface area contributed by atoms with Crippen molar-refractivity contribution in [2.24, 2.45) is 5.16 Å². The molecule has 140 valence electrons. The van der Waals surface area contributed by atoms with Crippen LogP contribution in [0.1, 0.15) is 44.6 Å². The first kappa shape index (κ1) is 19.5. The number of allylic oxidation sites excluding steroid dienone is 2. The molecule has 26 heavy (non-hydrogen) atoms. The summed E-state index contributed by atoms with van der Waals surface area (Å²) in [6.07, 6.45) is 0.602. The van der Waals surface area contributed by atoms with E-state index >= 15 is 0 Å². The molecule has 1 aromatic rings. The number of rotatable bonds is 6.